The minimum absolute atomic E-state index is 0.00174. The van der Waals surface area contributed by atoms with Gasteiger partial charge in [0, 0.05) is 17.2 Å². The van der Waals surface area contributed by atoms with Crippen molar-refractivity contribution in [2.24, 2.45) is 5.92 Å². The van der Waals surface area contributed by atoms with Crippen LogP contribution in [0.2, 0.25) is 0 Å². The minimum atomic E-state index is -4.52. The van der Waals surface area contributed by atoms with Crippen molar-refractivity contribution in [3.63, 3.8) is 0 Å². The van der Waals surface area contributed by atoms with Gasteiger partial charge in [0.05, 0.1) is 33.9 Å². The monoisotopic (exact) mass is 515 g/mol. The van der Waals surface area contributed by atoms with Gasteiger partial charge in [0.15, 0.2) is 11.6 Å². The van der Waals surface area contributed by atoms with E-state index in [1.807, 2.05) is 20.8 Å². The maximum Gasteiger partial charge on any atom is 0.416 e. The van der Waals surface area contributed by atoms with Gasteiger partial charge in [-0.3, -0.25) is 4.68 Å². The molecule has 2 atom stereocenters. The molecule has 1 aliphatic carbocycles. The van der Waals surface area contributed by atoms with Crippen molar-refractivity contribution in [1.82, 2.24) is 14.5 Å². The van der Waals surface area contributed by atoms with E-state index in [9.17, 15) is 30.6 Å². The topological polar surface area (TPSA) is 46.9 Å². The molecule has 2 aromatic carbocycles. The van der Waals surface area contributed by atoms with Crippen molar-refractivity contribution < 1.29 is 30.6 Å². The van der Waals surface area contributed by atoms with Crippen molar-refractivity contribution in [3.8, 4) is 11.3 Å². The summed E-state index contributed by atoms with van der Waals surface area (Å²) in [5.41, 5.74) is -1.07. The lowest BCUT2D eigenvalue weighted by Gasteiger charge is -2.25. The lowest BCUT2D eigenvalue weighted by molar-refractivity contribution is -0.137. The Balaban J connectivity index is 1.75. The predicted molar refractivity (Wildman–Crippen MR) is 119 cm³/mol. The maximum atomic E-state index is 14.9. The van der Waals surface area contributed by atoms with E-state index in [-0.39, 0.29) is 22.1 Å². The van der Waals surface area contributed by atoms with Crippen LogP contribution in [-0.4, -0.2) is 14.0 Å². The summed E-state index contributed by atoms with van der Waals surface area (Å²) in [5.74, 6) is -3.53. The van der Waals surface area contributed by atoms with Crippen LogP contribution in [0.4, 0.5) is 26.3 Å². The van der Waals surface area contributed by atoms with E-state index in [1.54, 1.807) is 0 Å². The normalized spacial score (nSPS) is 16.4. The average molecular weight is 516 g/mol. The van der Waals surface area contributed by atoms with E-state index in [4.69, 9.17) is 0 Å². The zero-order valence-corrected chi connectivity index (χ0v) is 19.9. The molecule has 1 N–H and O–H groups in total. The molecule has 1 fully saturated rings. The highest BCUT2D eigenvalue weighted by molar-refractivity contribution is 7.83. The molecule has 0 radical (unpaired) electrons. The molecule has 3 aromatic rings. The molecule has 0 spiro atoms. The molecule has 0 amide bonds. The zero-order valence-electron chi connectivity index (χ0n) is 19.1. The van der Waals surface area contributed by atoms with E-state index >= 15 is 0 Å². The molecular formula is C24H23F6N3OS. The Bertz CT molecular complexity index is 1260. The number of aromatic nitrogens is 2. The molecule has 1 aliphatic rings. The summed E-state index contributed by atoms with van der Waals surface area (Å²) in [6.07, 6.45) is -1.51. The van der Waals surface area contributed by atoms with E-state index in [0.29, 0.717) is 11.6 Å². The first-order valence-corrected chi connectivity index (χ1v) is 12.0. The fourth-order valence-electron chi connectivity index (χ4n) is 3.87. The SMILES string of the molecule is CC(C)(C)n1ncc(C(NS(=O)c2ccc(C(F)(F)F)cc2)C2CC2)c1-c1cc(F)c(F)cc1F. The van der Waals surface area contributed by atoms with Crippen molar-refractivity contribution in [1.29, 1.82) is 0 Å². The molecule has 0 aliphatic heterocycles. The number of rotatable bonds is 6. The minimum Gasteiger partial charge on any atom is -0.259 e. The molecule has 1 aromatic heterocycles. The van der Waals surface area contributed by atoms with E-state index in [2.05, 4.69) is 9.82 Å². The Morgan fingerprint density at radius 2 is 1.60 bits per heavy atom. The Hall–Kier alpha value is -2.66. The van der Waals surface area contributed by atoms with Crippen LogP contribution >= 0.6 is 0 Å². The zero-order chi connectivity index (χ0) is 25.7. The number of nitrogens with one attached hydrogen (secondary N) is 1. The highest BCUT2D eigenvalue weighted by atomic mass is 32.2. The van der Waals surface area contributed by atoms with Crippen LogP contribution in [0.5, 0.6) is 0 Å². The standard InChI is InChI=1S/C24H23F6N3OS/c1-23(2,3)33-22(16-10-19(26)20(27)11-18(16)25)17(12-31-33)21(13-4-5-13)32-35(34)15-8-6-14(7-9-15)24(28,29)30/h6-13,21,32H,4-5H2,1-3H3. The number of hydrogen-bond donors (Lipinski definition) is 1. The summed E-state index contributed by atoms with van der Waals surface area (Å²) in [7, 11) is -1.90. The maximum absolute atomic E-state index is 14.9. The average Bonchev–Trinajstić information content (AvgIpc) is 3.51. The van der Waals surface area contributed by atoms with Gasteiger partial charge in [-0.15, -0.1) is 0 Å². The largest absolute Gasteiger partial charge is 0.416 e. The van der Waals surface area contributed by atoms with Crippen LogP contribution in [0, 0.1) is 23.4 Å². The van der Waals surface area contributed by atoms with Gasteiger partial charge in [-0.1, -0.05) is 0 Å². The summed E-state index contributed by atoms with van der Waals surface area (Å²) in [4.78, 5) is 0.132. The van der Waals surface area contributed by atoms with Crippen molar-refractivity contribution in [2.75, 3.05) is 0 Å². The molecule has 11 heteroatoms. The van der Waals surface area contributed by atoms with Crippen molar-refractivity contribution >= 4 is 11.0 Å². The fourth-order valence-corrected chi connectivity index (χ4v) is 4.93. The molecule has 4 nitrogen and oxygen atoms in total. The molecular weight excluding hydrogens is 492 g/mol. The Morgan fingerprint density at radius 3 is 2.14 bits per heavy atom. The highest BCUT2D eigenvalue weighted by Gasteiger charge is 2.38. The molecule has 0 saturated heterocycles. The quantitative estimate of drug-likeness (QED) is 0.301. The van der Waals surface area contributed by atoms with Gasteiger partial charge in [0.1, 0.15) is 16.8 Å². The highest BCUT2D eigenvalue weighted by Crippen LogP contribution is 2.45. The third-order valence-electron chi connectivity index (χ3n) is 5.76. The predicted octanol–water partition coefficient (Wildman–Crippen LogP) is 6.50. The van der Waals surface area contributed by atoms with Gasteiger partial charge in [0.2, 0.25) is 0 Å². The second-order valence-corrected chi connectivity index (χ2v) is 10.7. The Kier molecular flexibility index (Phi) is 6.60. The summed E-state index contributed by atoms with van der Waals surface area (Å²) in [5, 5.41) is 4.38. The van der Waals surface area contributed by atoms with Crippen molar-refractivity contribution in [3.05, 3.63) is 71.2 Å². The third-order valence-corrected chi connectivity index (χ3v) is 6.92. The number of hydrogen-bond acceptors (Lipinski definition) is 2. The molecule has 188 valence electrons. The van der Waals surface area contributed by atoms with E-state index < -0.39 is 51.8 Å². The molecule has 1 saturated carbocycles. The first-order chi connectivity index (χ1) is 16.3. The second-order valence-electron chi connectivity index (χ2n) is 9.50. The van der Waals surface area contributed by atoms with Crippen molar-refractivity contribution in [2.45, 2.75) is 56.3 Å². The van der Waals surface area contributed by atoms with Gasteiger partial charge < -0.3 is 0 Å². The molecule has 35 heavy (non-hydrogen) atoms. The lowest BCUT2D eigenvalue weighted by atomic mass is 9.97. The fraction of sp³-hybridized carbons (Fsp3) is 0.375. The molecule has 0 bridgehead atoms. The Labute approximate surface area is 200 Å². The first kappa shape index (κ1) is 25.4. The molecule has 4 rings (SSSR count). The molecule has 1 heterocycles. The smallest absolute Gasteiger partial charge is 0.259 e. The van der Waals surface area contributed by atoms with Gasteiger partial charge in [-0.05, 0) is 69.9 Å². The Morgan fingerprint density at radius 1 is 1.00 bits per heavy atom. The summed E-state index contributed by atoms with van der Waals surface area (Å²) in [6, 6.07) is 4.58. The van der Waals surface area contributed by atoms with Crippen LogP contribution in [0.15, 0.2) is 47.5 Å². The number of nitrogens with zero attached hydrogens (tertiary/aromatic N) is 2. The lowest BCUT2D eigenvalue weighted by Crippen LogP contribution is -2.28. The summed E-state index contributed by atoms with van der Waals surface area (Å²) < 4.78 is 98.7. The number of alkyl halides is 3. The van der Waals surface area contributed by atoms with Gasteiger partial charge in [0.25, 0.3) is 0 Å². The first-order valence-electron chi connectivity index (χ1n) is 10.9. The van der Waals surface area contributed by atoms with Crippen LogP contribution in [-0.2, 0) is 22.7 Å². The van der Waals surface area contributed by atoms with Crippen LogP contribution in [0.25, 0.3) is 11.3 Å². The van der Waals surface area contributed by atoms with Gasteiger partial charge >= 0.3 is 6.18 Å². The molecule has 2 unspecified atom stereocenters. The van der Waals surface area contributed by atoms with E-state index in [1.165, 1.54) is 10.9 Å². The van der Waals surface area contributed by atoms with Crippen LogP contribution < -0.4 is 4.72 Å². The second kappa shape index (κ2) is 9.09. The van der Waals surface area contributed by atoms with Crippen LogP contribution in [0.1, 0.15) is 50.8 Å². The summed E-state index contributed by atoms with van der Waals surface area (Å²) >= 11 is 0. The van der Waals surface area contributed by atoms with Crippen LogP contribution in [0.3, 0.4) is 0 Å². The third kappa shape index (κ3) is 5.30. The van der Waals surface area contributed by atoms with Gasteiger partial charge in [-0.25, -0.2) is 22.1 Å². The number of halogens is 6. The van der Waals surface area contributed by atoms with E-state index in [0.717, 1.165) is 43.2 Å². The van der Waals surface area contributed by atoms with Gasteiger partial charge in [-0.2, -0.15) is 18.3 Å². The summed E-state index contributed by atoms with van der Waals surface area (Å²) in [6.45, 7) is 5.43. The number of benzene rings is 2.